The number of phenolic OH excluding ortho intramolecular Hbond substituents is 2. The molecular formula is C26H33N3O6S. The number of aliphatic hydroxyl groups is 1. The summed E-state index contributed by atoms with van der Waals surface area (Å²) in [6, 6.07) is 9.56. The Morgan fingerprint density at radius 2 is 1.69 bits per heavy atom. The molecule has 0 bridgehead atoms. The molecule has 1 saturated carbocycles. The Labute approximate surface area is 211 Å². The lowest BCUT2D eigenvalue weighted by atomic mass is 9.86. The van der Waals surface area contributed by atoms with Gasteiger partial charge in [0, 0.05) is 49.9 Å². The second-order valence-corrected chi connectivity index (χ2v) is 12.1. The summed E-state index contributed by atoms with van der Waals surface area (Å²) in [6.45, 7) is 1.80. The minimum atomic E-state index is -3.92. The first-order chi connectivity index (χ1) is 17.2. The summed E-state index contributed by atoms with van der Waals surface area (Å²) >= 11 is 0. The second kappa shape index (κ2) is 9.91. The van der Waals surface area contributed by atoms with Gasteiger partial charge in [-0.3, -0.25) is 4.79 Å². The first-order valence-corrected chi connectivity index (χ1v) is 14.0. The molecule has 2 aromatic carbocycles. The zero-order valence-electron chi connectivity index (χ0n) is 20.1. The number of benzene rings is 2. The van der Waals surface area contributed by atoms with Gasteiger partial charge in [-0.05, 0) is 67.5 Å². The molecule has 3 aliphatic rings. The number of hydrogen-bond donors (Lipinski definition) is 4. The summed E-state index contributed by atoms with van der Waals surface area (Å²) in [6.07, 6.45) is 4.44. The maximum absolute atomic E-state index is 13.1. The molecule has 5 rings (SSSR count). The van der Waals surface area contributed by atoms with Crippen molar-refractivity contribution in [1.29, 1.82) is 0 Å². The van der Waals surface area contributed by atoms with Gasteiger partial charge in [0.2, 0.25) is 15.9 Å². The largest absolute Gasteiger partial charge is 0.508 e. The van der Waals surface area contributed by atoms with Gasteiger partial charge in [0.15, 0.2) is 0 Å². The van der Waals surface area contributed by atoms with E-state index < -0.39 is 15.8 Å². The molecule has 2 fully saturated rings. The van der Waals surface area contributed by atoms with E-state index >= 15 is 0 Å². The zero-order chi connectivity index (χ0) is 25.4. The number of phenols is 2. The quantitative estimate of drug-likeness (QED) is 0.482. The zero-order valence-corrected chi connectivity index (χ0v) is 21.0. The highest BCUT2D eigenvalue weighted by Gasteiger charge is 2.34. The fraction of sp³-hybridized carbons (Fsp3) is 0.500. The molecule has 0 spiro atoms. The Hall–Kier alpha value is -2.82. The van der Waals surface area contributed by atoms with Crippen LogP contribution >= 0.6 is 0 Å². The van der Waals surface area contributed by atoms with Crippen LogP contribution < -0.4 is 5.32 Å². The number of carbonyl (C=O) groups is 1. The van der Waals surface area contributed by atoms with Crippen molar-refractivity contribution in [2.24, 2.45) is 5.92 Å². The normalized spacial score (nSPS) is 23.4. The van der Waals surface area contributed by atoms with E-state index in [4.69, 9.17) is 0 Å². The number of nitrogens with one attached hydrogen (secondary N) is 1. The smallest absolute Gasteiger partial charge is 0.247 e. The lowest BCUT2D eigenvalue weighted by Crippen LogP contribution is -2.45. The molecule has 2 aromatic rings. The van der Waals surface area contributed by atoms with Crippen molar-refractivity contribution in [1.82, 2.24) is 9.21 Å². The average Bonchev–Trinajstić information content (AvgIpc) is 3.28. The highest BCUT2D eigenvalue weighted by Crippen LogP contribution is 2.35. The van der Waals surface area contributed by atoms with Crippen LogP contribution in [-0.4, -0.2) is 64.1 Å². The number of amides is 1. The predicted octanol–water partition coefficient (Wildman–Crippen LogP) is 2.76. The van der Waals surface area contributed by atoms with Gasteiger partial charge in [-0.1, -0.05) is 12.5 Å². The van der Waals surface area contributed by atoms with Gasteiger partial charge in [-0.2, -0.15) is 4.31 Å². The average molecular weight is 516 g/mol. The van der Waals surface area contributed by atoms with E-state index in [-0.39, 0.29) is 47.7 Å². The minimum absolute atomic E-state index is 0.0577. The highest BCUT2D eigenvalue weighted by molar-refractivity contribution is 7.89. The van der Waals surface area contributed by atoms with Gasteiger partial charge in [0.25, 0.3) is 0 Å². The summed E-state index contributed by atoms with van der Waals surface area (Å²) in [7, 11) is -3.92. The van der Waals surface area contributed by atoms with Crippen LogP contribution in [0.25, 0.3) is 0 Å². The SMILES string of the molecule is O=C(C1CCCC(O)C1)N1CCC(Nc2ccc3c(c2)CN(S(=O)(=O)c2ccc(O)cc2O)C3)CC1. The number of rotatable bonds is 5. The highest BCUT2D eigenvalue weighted by atomic mass is 32.2. The second-order valence-electron chi connectivity index (χ2n) is 10.2. The molecule has 194 valence electrons. The number of likely N-dealkylation sites (tertiary alicyclic amines) is 1. The van der Waals surface area contributed by atoms with Crippen molar-refractivity contribution in [3.8, 4) is 11.5 Å². The summed E-state index contributed by atoms with van der Waals surface area (Å²) in [5.41, 5.74) is 2.74. The minimum Gasteiger partial charge on any atom is -0.508 e. The van der Waals surface area contributed by atoms with Crippen LogP contribution in [0.15, 0.2) is 41.3 Å². The monoisotopic (exact) mass is 515 g/mol. The van der Waals surface area contributed by atoms with Gasteiger partial charge in [-0.25, -0.2) is 8.42 Å². The van der Waals surface area contributed by atoms with Crippen molar-refractivity contribution >= 4 is 21.6 Å². The Morgan fingerprint density at radius 3 is 2.42 bits per heavy atom. The fourth-order valence-electron chi connectivity index (χ4n) is 5.61. The van der Waals surface area contributed by atoms with Crippen molar-refractivity contribution in [2.45, 2.75) is 68.7 Å². The molecule has 36 heavy (non-hydrogen) atoms. The number of piperidine rings is 1. The van der Waals surface area contributed by atoms with Crippen molar-refractivity contribution < 1.29 is 28.5 Å². The number of anilines is 1. The number of hydrogen-bond acceptors (Lipinski definition) is 7. The van der Waals surface area contributed by atoms with E-state index in [2.05, 4.69) is 5.32 Å². The Morgan fingerprint density at radius 1 is 0.944 bits per heavy atom. The van der Waals surface area contributed by atoms with Gasteiger partial charge < -0.3 is 25.5 Å². The van der Waals surface area contributed by atoms with Gasteiger partial charge in [0.1, 0.15) is 16.4 Å². The Bertz CT molecular complexity index is 1240. The lowest BCUT2D eigenvalue weighted by Gasteiger charge is -2.36. The van der Waals surface area contributed by atoms with Crippen molar-refractivity contribution in [2.75, 3.05) is 18.4 Å². The third-order valence-electron chi connectivity index (χ3n) is 7.63. The van der Waals surface area contributed by atoms with Crippen LogP contribution in [0.4, 0.5) is 5.69 Å². The van der Waals surface area contributed by atoms with Gasteiger partial charge in [-0.15, -0.1) is 0 Å². The molecule has 0 aromatic heterocycles. The number of aromatic hydroxyl groups is 2. The standard InChI is InChI=1S/C26H33N3O6S/c30-22-3-1-2-17(13-22)26(33)28-10-8-20(9-11-28)27-21-5-4-18-15-29(16-19(18)12-21)36(34,35)25-7-6-23(31)14-24(25)32/h4-7,12,14,17,20,22,27,30-32H,1-3,8-11,13,15-16H2. The molecule has 1 amide bonds. The van der Waals surface area contributed by atoms with E-state index in [1.165, 1.54) is 16.4 Å². The van der Waals surface area contributed by atoms with Gasteiger partial charge >= 0.3 is 0 Å². The van der Waals surface area contributed by atoms with Crippen molar-refractivity contribution in [3.05, 3.63) is 47.5 Å². The molecule has 10 heteroatoms. The molecule has 1 aliphatic carbocycles. The lowest BCUT2D eigenvalue weighted by molar-refractivity contribution is -0.138. The Kier molecular flexibility index (Phi) is 6.84. The molecule has 4 N–H and O–H groups in total. The summed E-state index contributed by atoms with van der Waals surface area (Å²) < 4.78 is 27.5. The van der Waals surface area contributed by atoms with E-state index in [1.54, 1.807) is 0 Å². The molecule has 0 radical (unpaired) electrons. The third-order valence-corrected chi connectivity index (χ3v) is 9.47. The molecule has 2 aliphatic heterocycles. The van der Waals surface area contributed by atoms with Gasteiger partial charge in [0.05, 0.1) is 6.10 Å². The molecule has 2 unspecified atom stereocenters. The van der Waals surface area contributed by atoms with E-state index in [0.29, 0.717) is 19.5 Å². The molecule has 2 heterocycles. The molecule has 1 saturated heterocycles. The first-order valence-electron chi connectivity index (χ1n) is 12.6. The van der Waals surface area contributed by atoms with Crippen LogP contribution in [0.5, 0.6) is 11.5 Å². The maximum atomic E-state index is 13.1. The van der Waals surface area contributed by atoms with Crippen LogP contribution in [0, 0.1) is 5.92 Å². The van der Waals surface area contributed by atoms with E-state index in [0.717, 1.165) is 55.0 Å². The topological polar surface area (TPSA) is 130 Å². The molecular weight excluding hydrogens is 482 g/mol. The van der Waals surface area contributed by atoms with E-state index in [9.17, 15) is 28.5 Å². The summed E-state index contributed by atoms with van der Waals surface area (Å²) in [5.74, 6) is -0.559. The number of nitrogens with zero attached hydrogens (tertiary/aromatic N) is 2. The fourth-order valence-corrected chi connectivity index (χ4v) is 7.07. The van der Waals surface area contributed by atoms with Crippen LogP contribution in [0.1, 0.15) is 49.7 Å². The third kappa shape index (κ3) is 5.02. The number of fused-ring (bicyclic) bond motifs is 1. The van der Waals surface area contributed by atoms with Crippen molar-refractivity contribution in [3.63, 3.8) is 0 Å². The molecule has 2 atom stereocenters. The summed E-state index contributed by atoms with van der Waals surface area (Å²) in [4.78, 5) is 14.6. The molecule has 9 nitrogen and oxygen atoms in total. The van der Waals surface area contributed by atoms with Crippen LogP contribution in [-0.2, 0) is 27.9 Å². The summed E-state index contributed by atoms with van der Waals surface area (Å²) in [5, 5.41) is 33.0. The maximum Gasteiger partial charge on any atom is 0.247 e. The van der Waals surface area contributed by atoms with E-state index in [1.807, 2.05) is 23.1 Å². The van der Waals surface area contributed by atoms with Crippen LogP contribution in [0.3, 0.4) is 0 Å². The number of aliphatic hydroxyl groups excluding tert-OH is 1. The number of sulfonamides is 1. The predicted molar refractivity (Wildman–Crippen MR) is 134 cm³/mol. The Balaban J connectivity index is 1.18. The van der Waals surface area contributed by atoms with Crippen LogP contribution in [0.2, 0.25) is 0 Å². The first kappa shape index (κ1) is 24.9. The number of carbonyl (C=O) groups excluding carboxylic acids is 1.